The zero-order valence-electron chi connectivity index (χ0n) is 13.0. The van der Waals surface area contributed by atoms with E-state index in [1.165, 1.54) is 41.8 Å². The van der Waals surface area contributed by atoms with Crippen molar-refractivity contribution in [1.29, 1.82) is 0 Å². The first-order valence-electron chi connectivity index (χ1n) is 8.33. The molecule has 0 radical (unpaired) electrons. The standard InChI is InChI=1S/C21H23N/c1-16-11-18-12-19(21-10-6-5-9-20(16)21)15-22(14-18)13-17-7-3-2-4-8-17/h2-10,18-19H,1,11-15H2. The average molecular weight is 289 g/mol. The van der Waals surface area contributed by atoms with Crippen LogP contribution in [0.1, 0.15) is 35.4 Å². The van der Waals surface area contributed by atoms with Gasteiger partial charge in [-0.05, 0) is 46.9 Å². The average Bonchev–Trinajstić information content (AvgIpc) is 2.64. The van der Waals surface area contributed by atoms with Gasteiger partial charge in [0.25, 0.3) is 0 Å². The van der Waals surface area contributed by atoms with E-state index >= 15 is 0 Å². The van der Waals surface area contributed by atoms with E-state index in [9.17, 15) is 0 Å². The molecule has 0 saturated carbocycles. The molecule has 22 heavy (non-hydrogen) atoms. The first-order chi connectivity index (χ1) is 10.8. The molecule has 2 atom stereocenters. The number of nitrogens with zero attached hydrogens (tertiary/aromatic N) is 1. The zero-order valence-corrected chi connectivity index (χ0v) is 13.0. The van der Waals surface area contributed by atoms with E-state index < -0.39 is 0 Å². The summed E-state index contributed by atoms with van der Waals surface area (Å²) in [5, 5.41) is 0. The molecule has 0 aromatic heterocycles. The van der Waals surface area contributed by atoms with Gasteiger partial charge in [0.1, 0.15) is 0 Å². The lowest BCUT2D eigenvalue weighted by Gasteiger charge is -2.36. The van der Waals surface area contributed by atoms with Crippen LogP contribution in [-0.4, -0.2) is 18.0 Å². The lowest BCUT2D eigenvalue weighted by atomic mass is 9.85. The van der Waals surface area contributed by atoms with E-state index in [1.807, 2.05) is 0 Å². The molecule has 2 aromatic rings. The van der Waals surface area contributed by atoms with Crippen molar-refractivity contribution in [1.82, 2.24) is 4.90 Å². The molecule has 1 saturated heterocycles. The van der Waals surface area contributed by atoms with Crippen molar-refractivity contribution in [2.75, 3.05) is 13.1 Å². The molecule has 0 N–H and O–H groups in total. The number of hydrogen-bond donors (Lipinski definition) is 0. The fraction of sp³-hybridized carbons (Fsp3) is 0.333. The molecule has 1 nitrogen and oxygen atoms in total. The monoisotopic (exact) mass is 289 g/mol. The Morgan fingerprint density at radius 3 is 2.59 bits per heavy atom. The Morgan fingerprint density at radius 2 is 1.73 bits per heavy atom. The summed E-state index contributed by atoms with van der Waals surface area (Å²) in [6.07, 6.45) is 2.47. The molecular formula is C21H23N. The van der Waals surface area contributed by atoms with Crippen molar-refractivity contribution in [2.45, 2.75) is 25.3 Å². The van der Waals surface area contributed by atoms with Gasteiger partial charge in [-0.2, -0.15) is 0 Å². The summed E-state index contributed by atoms with van der Waals surface area (Å²) in [7, 11) is 0. The van der Waals surface area contributed by atoms with E-state index in [0.29, 0.717) is 5.92 Å². The molecule has 2 aromatic carbocycles. The molecule has 0 spiro atoms. The van der Waals surface area contributed by atoms with Crippen molar-refractivity contribution in [2.24, 2.45) is 5.92 Å². The van der Waals surface area contributed by atoms with Crippen molar-refractivity contribution in [3.63, 3.8) is 0 Å². The first-order valence-corrected chi connectivity index (χ1v) is 8.33. The van der Waals surface area contributed by atoms with Crippen LogP contribution in [-0.2, 0) is 6.54 Å². The molecular weight excluding hydrogens is 266 g/mol. The highest BCUT2D eigenvalue weighted by molar-refractivity contribution is 5.68. The SMILES string of the molecule is C=C1CC2CC(CN(Cc3ccccc3)C2)c2ccccc21. The van der Waals surface area contributed by atoms with Crippen LogP contribution in [0.2, 0.25) is 0 Å². The summed E-state index contributed by atoms with van der Waals surface area (Å²) in [6, 6.07) is 19.8. The maximum atomic E-state index is 4.37. The minimum atomic E-state index is 0.665. The summed E-state index contributed by atoms with van der Waals surface area (Å²) in [4.78, 5) is 2.64. The third-order valence-electron chi connectivity index (χ3n) is 5.18. The minimum Gasteiger partial charge on any atom is -0.298 e. The summed E-state index contributed by atoms with van der Waals surface area (Å²) in [5.74, 6) is 1.42. The molecule has 1 heteroatoms. The number of piperidine rings is 1. The van der Waals surface area contributed by atoms with Gasteiger partial charge in [-0.1, -0.05) is 61.2 Å². The van der Waals surface area contributed by atoms with Crippen molar-refractivity contribution < 1.29 is 0 Å². The Bertz CT molecular complexity index is 673. The largest absolute Gasteiger partial charge is 0.298 e. The van der Waals surface area contributed by atoms with E-state index in [0.717, 1.165) is 18.9 Å². The summed E-state index contributed by atoms with van der Waals surface area (Å²) in [6.45, 7) is 7.82. The third-order valence-corrected chi connectivity index (χ3v) is 5.18. The van der Waals surface area contributed by atoms with Crippen LogP contribution in [0.15, 0.2) is 61.2 Å². The summed E-state index contributed by atoms with van der Waals surface area (Å²) >= 11 is 0. The molecule has 1 aliphatic carbocycles. The van der Waals surface area contributed by atoms with Gasteiger partial charge in [0.05, 0.1) is 0 Å². The fourth-order valence-corrected chi connectivity index (χ4v) is 4.28. The Kier molecular flexibility index (Phi) is 3.59. The molecule has 2 aliphatic rings. The molecule has 1 heterocycles. The van der Waals surface area contributed by atoms with Gasteiger partial charge in [-0.25, -0.2) is 0 Å². The lowest BCUT2D eigenvalue weighted by molar-refractivity contribution is 0.152. The summed E-state index contributed by atoms with van der Waals surface area (Å²) < 4.78 is 0. The van der Waals surface area contributed by atoms with Crippen LogP contribution >= 0.6 is 0 Å². The van der Waals surface area contributed by atoms with Crippen molar-refractivity contribution >= 4 is 5.57 Å². The molecule has 1 aliphatic heterocycles. The lowest BCUT2D eigenvalue weighted by Crippen LogP contribution is -2.38. The molecule has 4 rings (SSSR count). The van der Waals surface area contributed by atoms with Crippen LogP contribution in [0, 0.1) is 5.92 Å². The van der Waals surface area contributed by atoms with Gasteiger partial charge in [0, 0.05) is 19.6 Å². The molecule has 1 fully saturated rings. The number of hydrogen-bond acceptors (Lipinski definition) is 1. The number of benzene rings is 2. The normalized spacial score (nSPS) is 24.6. The number of allylic oxidation sites excluding steroid dienone is 1. The van der Waals surface area contributed by atoms with Gasteiger partial charge < -0.3 is 0 Å². The zero-order chi connectivity index (χ0) is 14.9. The van der Waals surface area contributed by atoms with Crippen LogP contribution in [0.25, 0.3) is 5.57 Å². The smallest absolute Gasteiger partial charge is 0.0234 e. The predicted molar refractivity (Wildman–Crippen MR) is 92.7 cm³/mol. The molecule has 112 valence electrons. The van der Waals surface area contributed by atoms with E-state index in [1.54, 1.807) is 0 Å². The molecule has 2 bridgehead atoms. The maximum absolute atomic E-state index is 4.37. The van der Waals surface area contributed by atoms with Gasteiger partial charge in [0.15, 0.2) is 0 Å². The highest BCUT2D eigenvalue weighted by Crippen LogP contribution is 2.42. The number of fused-ring (bicyclic) bond motifs is 4. The van der Waals surface area contributed by atoms with E-state index in [2.05, 4.69) is 66.1 Å². The third kappa shape index (κ3) is 2.62. The van der Waals surface area contributed by atoms with Crippen molar-refractivity contribution in [3.8, 4) is 0 Å². The Hall–Kier alpha value is -1.86. The molecule has 2 unspecified atom stereocenters. The second kappa shape index (κ2) is 5.73. The Labute approximate surface area is 133 Å². The van der Waals surface area contributed by atoms with Crippen LogP contribution < -0.4 is 0 Å². The number of rotatable bonds is 2. The van der Waals surface area contributed by atoms with Crippen LogP contribution in [0.3, 0.4) is 0 Å². The second-order valence-corrected chi connectivity index (χ2v) is 6.87. The second-order valence-electron chi connectivity index (χ2n) is 6.87. The number of likely N-dealkylation sites (tertiary alicyclic amines) is 1. The predicted octanol–water partition coefficient (Wildman–Crippen LogP) is 4.71. The summed E-state index contributed by atoms with van der Waals surface area (Å²) in [5.41, 5.74) is 5.70. The fourth-order valence-electron chi connectivity index (χ4n) is 4.28. The van der Waals surface area contributed by atoms with Gasteiger partial charge in [0.2, 0.25) is 0 Å². The van der Waals surface area contributed by atoms with E-state index in [-0.39, 0.29) is 0 Å². The Balaban J connectivity index is 1.61. The highest BCUT2D eigenvalue weighted by Gasteiger charge is 2.32. The van der Waals surface area contributed by atoms with Gasteiger partial charge in [-0.3, -0.25) is 4.90 Å². The van der Waals surface area contributed by atoms with Gasteiger partial charge >= 0.3 is 0 Å². The van der Waals surface area contributed by atoms with Crippen LogP contribution in [0.4, 0.5) is 0 Å². The van der Waals surface area contributed by atoms with E-state index in [4.69, 9.17) is 0 Å². The first kappa shape index (κ1) is 13.8. The molecule has 0 amide bonds. The maximum Gasteiger partial charge on any atom is 0.0234 e. The topological polar surface area (TPSA) is 3.24 Å². The highest BCUT2D eigenvalue weighted by atomic mass is 15.1. The minimum absolute atomic E-state index is 0.665. The quantitative estimate of drug-likeness (QED) is 0.774. The van der Waals surface area contributed by atoms with Crippen molar-refractivity contribution in [3.05, 3.63) is 77.9 Å². The Morgan fingerprint density at radius 1 is 0.955 bits per heavy atom. The van der Waals surface area contributed by atoms with Gasteiger partial charge in [-0.15, -0.1) is 0 Å². The van der Waals surface area contributed by atoms with Crippen LogP contribution in [0.5, 0.6) is 0 Å².